The lowest BCUT2D eigenvalue weighted by Gasteiger charge is -2.39. The van der Waals surface area contributed by atoms with E-state index in [1.165, 1.54) is 0 Å². The highest BCUT2D eigenvalue weighted by atomic mass is 35.5. The van der Waals surface area contributed by atoms with Gasteiger partial charge in [0.1, 0.15) is 0 Å². The Kier molecular flexibility index (Phi) is 6.98. The number of carbonyl (C=O) groups is 1. The number of methoxy groups -OCH3 is 3. The summed E-state index contributed by atoms with van der Waals surface area (Å²) in [7, 11) is 4.69. The first-order valence-corrected chi connectivity index (χ1v) is 13.3. The third kappa shape index (κ3) is 4.41. The number of benzene rings is 3. The van der Waals surface area contributed by atoms with Gasteiger partial charge < -0.3 is 33.2 Å². The summed E-state index contributed by atoms with van der Waals surface area (Å²) in [6.45, 7) is 4.83. The monoisotopic (exact) mass is 564 g/mol. The summed E-state index contributed by atoms with van der Waals surface area (Å²) in [6.07, 6.45) is -0.441. The number of hydrogen-bond acceptors (Lipinski definition) is 8. The standard InChI is InChI=1S/C31H29ClO8/c1-16(17-5-7-19(32)8-6-17)13-37-29-21-12-24-23(39-15-40-24)11-20(21)27(28-22(29)14-38-31(28)33)18-9-25(34-2)30(36-4)26(10-18)35-3/h5-12,22,27-29H,1,13-15H2,2-4H3/t22-,27+,28-,29+/m0/s1. The Balaban J connectivity index is 1.45. The second-order valence-electron chi connectivity index (χ2n) is 9.93. The van der Waals surface area contributed by atoms with Crippen LogP contribution in [-0.2, 0) is 14.3 Å². The Morgan fingerprint density at radius 3 is 2.20 bits per heavy atom. The van der Waals surface area contributed by atoms with Gasteiger partial charge in [0.25, 0.3) is 0 Å². The highest BCUT2D eigenvalue weighted by Gasteiger charge is 2.53. The van der Waals surface area contributed by atoms with Crippen molar-refractivity contribution in [3.63, 3.8) is 0 Å². The third-order valence-electron chi connectivity index (χ3n) is 7.86. The molecule has 1 saturated heterocycles. The average Bonchev–Trinajstić information content (AvgIpc) is 3.59. The summed E-state index contributed by atoms with van der Waals surface area (Å²) in [6, 6.07) is 15.1. The van der Waals surface area contributed by atoms with E-state index in [0.29, 0.717) is 33.8 Å². The second kappa shape index (κ2) is 10.6. The molecule has 3 aromatic rings. The van der Waals surface area contributed by atoms with Crippen molar-refractivity contribution in [3.05, 3.63) is 82.4 Å². The molecule has 0 unspecified atom stereocenters. The van der Waals surface area contributed by atoms with Crippen molar-refractivity contribution < 1.29 is 38.0 Å². The lowest BCUT2D eigenvalue weighted by molar-refractivity contribution is -0.141. The van der Waals surface area contributed by atoms with Crippen LogP contribution >= 0.6 is 11.6 Å². The number of fused-ring (bicyclic) bond motifs is 3. The van der Waals surface area contributed by atoms with Gasteiger partial charge in [-0.2, -0.15) is 0 Å². The van der Waals surface area contributed by atoms with E-state index in [9.17, 15) is 4.79 Å². The molecule has 4 atom stereocenters. The molecule has 3 aliphatic rings. The molecule has 2 heterocycles. The van der Waals surface area contributed by atoms with Gasteiger partial charge in [0.2, 0.25) is 12.5 Å². The fraction of sp³-hybridized carbons (Fsp3) is 0.323. The van der Waals surface area contributed by atoms with Crippen LogP contribution in [0.1, 0.15) is 34.3 Å². The maximum atomic E-state index is 13.4. The number of rotatable bonds is 8. The normalized spacial score (nSPS) is 22.2. The molecule has 1 aliphatic carbocycles. The molecule has 0 spiro atoms. The number of hydrogen-bond donors (Lipinski definition) is 0. The van der Waals surface area contributed by atoms with Crippen molar-refractivity contribution in [1.82, 2.24) is 0 Å². The molecular formula is C31H29ClO8. The van der Waals surface area contributed by atoms with Crippen molar-refractivity contribution in [3.8, 4) is 28.7 Å². The van der Waals surface area contributed by atoms with E-state index in [2.05, 4.69) is 6.58 Å². The molecule has 1 fully saturated rings. The summed E-state index contributed by atoms with van der Waals surface area (Å²) < 4.78 is 40.5. The zero-order valence-corrected chi connectivity index (χ0v) is 23.2. The van der Waals surface area contributed by atoms with Crippen LogP contribution in [0.3, 0.4) is 0 Å². The van der Waals surface area contributed by atoms with Crippen molar-refractivity contribution in [1.29, 1.82) is 0 Å². The number of halogens is 1. The van der Waals surface area contributed by atoms with Gasteiger partial charge in [-0.15, -0.1) is 0 Å². The lowest BCUT2D eigenvalue weighted by Crippen LogP contribution is -2.36. The summed E-state index contributed by atoms with van der Waals surface area (Å²) in [5.74, 6) is 1.31. The predicted molar refractivity (Wildman–Crippen MR) is 148 cm³/mol. The van der Waals surface area contributed by atoms with Crippen molar-refractivity contribution in [2.24, 2.45) is 11.8 Å². The Labute approximate surface area is 237 Å². The van der Waals surface area contributed by atoms with E-state index in [-0.39, 0.29) is 37.8 Å². The van der Waals surface area contributed by atoms with Gasteiger partial charge in [0, 0.05) is 16.9 Å². The van der Waals surface area contributed by atoms with E-state index in [4.69, 9.17) is 44.8 Å². The summed E-state index contributed by atoms with van der Waals surface area (Å²) in [4.78, 5) is 13.4. The second-order valence-corrected chi connectivity index (χ2v) is 10.4. The predicted octanol–water partition coefficient (Wildman–Crippen LogP) is 5.80. The first kappa shape index (κ1) is 26.3. The highest BCUT2D eigenvalue weighted by Crippen LogP contribution is 2.56. The average molecular weight is 565 g/mol. The van der Waals surface area contributed by atoms with Gasteiger partial charge in [-0.05, 0) is 64.2 Å². The van der Waals surface area contributed by atoms with Gasteiger partial charge in [-0.1, -0.05) is 30.3 Å². The first-order valence-electron chi connectivity index (χ1n) is 12.9. The molecule has 0 N–H and O–H groups in total. The fourth-order valence-corrected chi connectivity index (χ4v) is 6.09. The molecule has 0 saturated carbocycles. The van der Waals surface area contributed by atoms with Crippen LogP contribution < -0.4 is 23.7 Å². The molecule has 9 heteroatoms. The number of ether oxygens (including phenoxy) is 7. The maximum absolute atomic E-state index is 13.4. The minimum absolute atomic E-state index is 0.126. The van der Waals surface area contributed by atoms with E-state index in [1.54, 1.807) is 21.3 Å². The molecule has 8 nitrogen and oxygen atoms in total. The Morgan fingerprint density at radius 2 is 1.57 bits per heavy atom. The number of esters is 1. The molecule has 208 valence electrons. The maximum Gasteiger partial charge on any atom is 0.310 e. The third-order valence-corrected chi connectivity index (χ3v) is 8.11. The van der Waals surface area contributed by atoms with E-state index >= 15 is 0 Å². The quantitative estimate of drug-likeness (QED) is 0.318. The first-order chi connectivity index (χ1) is 19.4. The van der Waals surface area contributed by atoms with Gasteiger partial charge in [-0.25, -0.2) is 0 Å². The minimum Gasteiger partial charge on any atom is -0.493 e. The zero-order valence-electron chi connectivity index (χ0n) is 22.4. The number of cyclic esters (lactones) is 1. The van der Waals surface area contributed by atoms with Gasteiger partial charge in [-0.3, -0.25) is 4.79 Å². The Bertz CT molecular complexity index is 1440. The van der Waals surface area contributed by atoms with Crippen LogP contribution in [0.4, 0.5) is 0 Å². The molecule has 40 heavy (non-hydrogen) atoms. The van der Waals surface area contributed by atoms with Crippen LogP contribution in [0.5, 0.6) is 28.7 Å². The molecule has 0 amide bonds. The largest absolute Gasteiger partial charge is 0.493 e. The Morgan fingerprint density at radius 1 is 0.925 bits per heavy atom. The van der Waals surface area contributed by atoms with Crippen molar-refractivity contribution in [2.75, 3.05) is 41.3 Å². The van der Waals surface area contributed by atoms with Gasteiger partial charge >= 0.3 is 5.97 Å². The summed E-state index contributed by atoms with van der Waals surface area (Å²) in [5, 5.41) is 0.650. The van der Waals surface area contributed by atoms with E-state index in [0.717, 1.165) is 27.8 Å². The van der Waals surface area contributed by atoms with Crippen LogP contribution in [0.2, 0.25) is 5.02 Å². The molecule has 0 radical (unpaired) electrons. The molecular weight excluding hydrogens is 536 g/mol. The van der Waals surface area contributed by atoms with Gasteiger partial charge in [0.05, 0.1) is 46.6 Å². The zero-order chi connectivity index (χ0) is 28.0. The molecule has 3 aromatic carbocycles. The number of carbonyl (C=O) groups excluding carboxylic acids is 1. The lowest BCUT2D eigenvalue weighted by atomic mass is 9.66. The molecule has 2 aliphatic heterocycles. The molecule has 6 rings (SSSR count). The van der Waals surface area contributed by atoms with Crippen LogP contribution in [-0.4, -0.2) is 47.3 Å². The smallest absolute Gasteiger partial charge is 0.310 e. The van der Waals surface area contributed by atoms with E-state index < -0.39 is 12.0 Å². The highest BCUT2D eigenvalue weighted by molar-refractivity contribution is 6.30. The Hall–Kier alpha value is -3.88. The topological polar surface area (TPSA) is 81.7 Å². The summed E-state index contributed by atoms with van der Waals surface area (Å²) in [5.41, 5.74) is 4.35. The minimum atomic E-state index is -0.510. The van der Waals surface area contributed by atoms with Crippen LogP contribution in [0, 0.1) is 11.8 Å². The van der Waals surface area contributed by atoms with Crippen LogP contribution in [0.25, 0.3) is 5.57 Å². The molecule has 0 bridgehead atoms. The van der Waals surface area contributed by atoms with Gasteiger partial charge in [0.15, 0.2) is 23.0 Å². The van der Waals surface area contributed by atoms with Crippen molar-refractivity contribution in [2.45, 2.75) is 12.0 Å². The SMILES string of the molecule is C=C(CO[C@@H]1c2cc3c(cc2[C@@H](c2cc(OC)c(OC)c(OC)c2)[C@H]2C(=O)OC[C@@H]21)OCO3)c1ccc(Cl)cc1. The molecule has 0 aromatic heterocycles. The summed E-state index contributed by atoms with van der Waals surface area (Å²) >= 11 is 6.06. The van der Waals surface area contributed by atoms with E-state index in [1.807, 2.05) is 48.5 Å². The van der Waals surface area contributed by atoms with Crippen LogP contribution in [0.15, 0.2) is 55.1 Å². The van der Waals surface area contributed by atoms with Crippen molar-refractivity contribution >= 4 is 23.1 Å². The fourth-order valence-electron chi connectivity index (χ4n) is 5.97.